The number of hydrogen-bond donors (Lipinski definition) is 2. The molecule has 0 aliphatic heterocycles. The topological polar surface area (TPSA) is 83.0 Å². The van der Waals surface area contributed by atoms with Gasteiger partial charge in [-0.3, -0.25) is 4.99 Å². The Bertz CT molecular complexity index is 803. The van der Waals surface area contributed by atoms with E-state index >= 15 is 0 Å². The van der Waals surface area contributed by atoms with Gasteiger partial charge < -0.3 is 15.0 Å². The summed E-state index contributed by atoms with van der Waals surface area (Å²) in [6, 6.07) is 11.1. The summed E-state index contributed by atoms with van der Waals surface area (Å²) in [6.45, 7) is 1.38. The zero-order valence-electron chi connectivity index (χ0n) is 15.1. The molecule has 0 fully saturated rings. The highest BCUT2D eigenvalue weighted by Crippen LogP contribution is 2.15. The first-order chi connectivity index (χ1) is 12.5. The van der Waals surface area contributed by atoms with Crippen molar-refractivity contribution in [2.75, 3.05) is 34.3 Å². The van der Waals surface area contributed by atoms with Crippen molar-refractivity contribution >= 4 is 27.3 Å². The lowest BCUT2D eigenvalue weighted by Crippen LogP contribution is -2.42. The van der Waals surface area contributed by atoms with Crippen LogP contribution in [-0.4, -0.2) is 53.6 Å². The van der Waals surface area contributed by atoms with E-state index in [1.165, 1.54) is 11.3 Å². The molecule has 0 spiro atoms. The van der Waals surface area contributed by atoms with Gasteiger partial charge >= 0.3 is 0 Å². The Morgan fingerprint density at radius 1 is 1.23 bits per heavy atom. The second kappa shape index (κ2) is 9.56. The Morgan fingerprint density at radius 3 is 2.54 bits per heavy atom. The summed E-state index contributed by atoms with van der Waals surface area (Å²) in [5.74, 6) is 1.51. The normalized spacial score (nSPS) is 12.0. The molecule has 1 aromatic heterocycles. The summed E-state index contributed by atoms with van der Waals surface area (Å²) in [7, 11) is 1.83. The Labute approximate surface area is 158 Å². The van der Waals surface area contributed by atoms with E-state index in [1.54, 1.807) is 31.7 Å². The predicted molar refractivity (Wildman–Crippen MR) is 105 cm³/mol. The van der Waals surface area contributed by atoms with Crippen LogP contribution in [-0.2, 0) is 16.6 Å². The number of rotatable bonds is 8. The number of methoxy groups -OCH3 is 1. The zero-order valence-corrected chi connectivity index (χ0v) is 16.7. The van der Waals surface area contributed by atoms with Crippen molar-refractivity contribution in [3.8, 4) is 5.75 Å². The molecule has 1 heterocycles. The third kappa shape index (κ3) is 5.72. The highest BCUT2D eigenvalue weighted by atomic mass is 32.2. The van der Waals surface area contributed by atoms with Gasteiger partial charge in [0.05, 0.1) is 7.11 Å². The fourth-order valence-electron chi connectivity index (χ4n) is 2.31. The van der Waals surface area contributed by atoms with Crippen LogP contribution in [0.3, 0.4) is 0 Å². The van der Waals surface area contributed by atoms with Gasteiger partial charge in [-0.1, -0.05) is 18.2 Å². The van der Waals surface area contributed by atoms with Gasteiger partial charge in [0.25, 0.3) is 0 Å². The lowest BCUT2D eigenvalue weighted by Gasteiger charge is -2.22. The predicted octanol–water partition coefficient (Wildman–Crippen LogP) is 1.74. The molecule has 7 nitrogen and oxygen atoms in total. The average molecular weight is 397 g/mol. The first kappa shape index (κ1) is 20.2. The van der Waals surface area contributed by atoms with Crippen molar-refractivity contribution in [1.82, 2.24) is 14.9 Å². The van der Waals surface area contributed by atoms with E-state index in [9.17, 15) is 8.42 Å². The quantitative estimate of drug-likeness (QED) is 0.403. The van der Waals surface area contributed by atoms with E-state index in [0.717, 1.165) is 11.3 Å². The molecule has 2 aromatic rings. The van der Waals surface area contributed by atoms with Gasteiger partial charge in [-0.05, 0) is 29.1 Å². The van der Waals surface area contributed by atoms with E-state index in [-0.39, 0.29) is 6.54 Å². The van der Waals surface area contributed by atoms with E-state index in [2.05, 4.69) is 15.0 Å². The molecule has 0 aliphatic rings. The van der Waals surface area contributed by atoms with Crippen LogP contribution in [0.4, 0.5) is 0 Å². The van der Waals surface area contributed by atoms with Crippen LogP contribution in [0.15, 0.2) is 51.0 Å². The SMILES string of the molecule is CN=C(NCCNS(=O)(=O)c1cccs1)N(C)Cc1ccc(OC)cc1. The Balaban J connectivity index is 1.81. The molecule has 0 bridgehead atoms. The molecule has 0 saturated carbocycles. The van der Waals surface area contributed by atoms with Crippen molar-refractivity contribution in [3.63, 3.8) is 0 Å². The Morgan fingerprint density at radius 2 is 1.96 bits per heavy atom. The van der Waals surface area contributed by atoms with Crippen LogP contribution in [0.1, 0.15) is 5.56 Å². The number of hydrogen-bond acceptors (Lipinski definition) is 5. The number of benzene rings is 1. The maximum absolute atomic E-state index is 12.1. The molecule has 0 amide bonds. The molecule has 1 aromatic carbocycles. The molecule has 9 heteroatoms. The van der Waals surface area contributed by atoms with E-state index in [1.807, 2.05) is 36.2 Å². The number of sulfonamides is 1. The molecule has 142 valence electrons. The highest BCUT2D eigenvalue weighted by Gasteiger charge is 2.14. The monoisotopic (exact) mass is 396 g/mol. The van der Waals surface area contributed by atoms with E-state index in [0.29, 0.717) is 23.3 Å². The van der Waals surface area contributed by atoms with Gasteiger partial charge in [0.2, 0.25) is 10.0 Å². The van der Waals surface area contributed by atoms with Gasteiger partial charge in [0, 0.05) is 33.7 Å². The average Bonchev–Trinajstić information content (AvgIpc) is 3.18. The smallest absolute Gasteiger partial charge is 0.250 e. The summed E-state index contributed by atoms with van der Waals surface area (Å²) < 4.78 is 32.2. The fraction of sp³-hybridized carbons (Fsp3) is 0.353. The standard InChI is InChI=1S/C17H24N4O3S2/c1-18-17(21(2)13-14-6-8-15(24-3)9-7-14)19-10-11-20-26(22,23)16-5-4-12-25-16/h4-9,12,20H,10-11,13H2,1-3H3,(H,18,19). The van der Waals surface area contributed by atoms with Crippen LogP contribution in [0, 0.1) is 0 Å². The summed E-state index contributed by atoms with van der Waals surface area (Å²) in [5.41, 5.74) is 1.12. The number of nitrogens with zero attached hydrogens (tertiary/aromatic N) is 2. The third-order valence-corrected chi connectivity index (χ3v) is 6.47. The minimum Gasteiger partial charge on any atom is -0.497 e. The summed E-state index contributed by atoms with van der Waals surface area (Å²) in [5, 5.41) is 4.90. The summed E-state index contributed by atoms with van der Waals surface area (Å²) >= 11 is 1.20. The third-order valence-electron chi connectivity index (χ3n) is 3.61. The van der Waals surface area contributed by atoms with Crippen LogP contribution in [0.2, 0.25) is 0 Å². The molecule has 0 aliphatic carbocycles. The van der Waals surface area contributed by atoms with Gasteiger partial charge in [-0.2, -0.15) is 0 Å². The Kier molecular flexibility index (Phi) is 7.43. The molecular weight excluding hydrogens is 372 g/mol. The second-order valence-electron chi connectivity index (χ2n) is 5.51. The number of ether oxygens (including phenoxy) is 1. The van der Waals surface area contributed by atoms with Crippen molar-refractivity contribution in [3.05, 3.63) is 47.3 Å². The van der Waals surface area contributed by atoms with Gasteiger partial charge in [-0.25, -0.2) is 13.1 Å². The van der Waals surface area contributed by atoms with E-state index < -0.39 is 10.0 Å². The van der Waals surface area contributed by atoms with Crippen LogP contribution in [0.5, 0.6) is 5.75 Å². The van der Waals surface area contributed by atoms with Gasteiger partial charge in [0.15, 0.2) is 5.96 Å². The summed E-state index contributed by atoms with van der Waals surface area (Å²) in [6.07, 6.45) is 0. The van der Waals surface area contributed by atoms with Crippen LogP contribution < -0.4 is 14.8 Å². The Hall–Kier alpha value is -2.10. The minimum atomic E-state index is -3.43. The zero-order chi connectivity index (χ0) is 19.0. The molecule has 2 N–H and O–H groups in total. The van der Waals surface area contributed by atoms with Crippen LogP contribution in [0.25, 0.3) is 0 Å². The lowest BCUT2D eigenvalue weighted by molar-refractivity contribution is 0.414. The van der Waals surface area contributed by atoms with Crippen molar-refractivity contribution in [2.24, 2.45) is 4.99 Å². The molecule has 0 atom stereocenters. The lowest BCUT2D eigenvalue weighted by atomic mass is 10.2. The van der Waals surface area contributed by atoms with Gasteiger partial charge in [0.1, 0.15) is 9.96 Å². The number of thiophene rings is 1. The van der Waals surface area contributed by atoms with Crippen LogP contribution >= 0.6 is 11.3 Å². The molecule has 0 radical (unpaired) electrons. The van der Waals surface area contributed by atoms with E-state index in [4.69, 9.17) is 4.74 Å². The number of guanidine groups is 1. The summed E-state index contributed by atoms with van der Waals surface area (Å²) in [4.78, 5) is 6.20. The largest absolute Gasteiger partial charge is 0.497 e. The molecule has 0 unspecified atom stereocenters. The molecule has 26 heavy (non-hydrogen) atoms. The van der Waals surface area contributed by atoms with Crippen molar-refractivity contribution < 1.29 is 13.2 Å². The second-order valence-corrected chi connectivity index (χ2v) is 8.45. The molecule has 0 saturated heterocycles. The maximum Gasteiger partial charge on any atom is 0.250 e. The number of nitrogens with one attached hydrogen (secondary N) is 2. The molecule has 2 rings (SSSR count). The first-order valence-corrected chi connectivity index (χ1v) is 10.4. The number of aliphatic imine (C=N–C) groups is 1. The van der Waals surface area contributed by atoms with Gasteiger partial charge in [-0.15, -0.1) is 11.3 Å². The first-order valence-electron chi connectivity index (χ1n) is 8.04. The maximum atomic E-state index is 12.1. The highest BCUT2D eigenvalue weighted by molar-refractivity contribution is 7.91. The minimum absolute atomic E-state index is 0.273. The van der Waals surface area contributed by atoms with Crippen molar-refractivity contribution in [1.29, 1.82) is 0 Å². The fourth-order valence-corrected chi connectivity index (χ4v) is 4.38. The molecular formula is C17H24N4O3S2. The van der Waals surface area contributed by atoms with Crippen molar-refractivity contribution in [2.45, 2.75) is 10.8 Å².